The second kappa shape index (κ2) is 16.8. The normalized spacial score (nSPS) is 25.1. The monoisotopic (exact) mass is 852 g/mol. The molecule has 4 N–H and O–H groups in total. The van der Waals surface area contributed by atoms with Gasteiger partial charge >= 0.3 is 15.2 Å². The molecular formula is C49H50N4O6P2+2. The summed E-state index contributed by atoms with van der Waals surface area (Å²) in [6, 6.07) is 17.7. The third-order valence-electron chi connectivity index (χ3n) is 12.6. The molecule has 12 heteroatoms. The lowest BCUT2D eigenvalue weighted by molar-refractivity contribution is -0.379. The summed E-state index contributed by atoms with van der Waals surface area (Å²) in [4.78, 5) is 40.6. The Labute approximate surface area is 357 Å². The molecule has 4 aliphatic heterocycles. The van der Waals surface area contributed by atoms with Gasteiger partial charge in [0.25, 0.3) is 0 Å². The summed E-state index contributed by atoms with van der Waals surface area (Å²) in [5.41, 5.74) is 6.99. The Balaban J connectivity index is 0.932. The number of allylic oxidation sites excluding steroid dienone is 16. The van der Waals surface area contributed by atoms with Gasteiger partial charge in [-0.2, -0.15) is 9.15 Å². The molecule has 0 bridgehead atoms. The molecule has 0 fully saturated rings. The molecule has 61 heavy (non-hydrogen) atoms. The van der Waals surface area contributed by atoms with Gasteiger partial charge in [-0.3, -0.25) is 9.13 Å². The van der Waals surface area contributed by atoms with Gasteiger partial charge in [-0.05, 0) is 46.6 Å². The molecule has 0 unspecified atom stereocenters. The molecule has 0 saturated heterocycles. The van der Waals surface area contributed by atoms with Gasteiger partial charge in [0.15, 0.2) is 24.8 Å². The van der Waals surface area contributed by atoms with Crippen LogP contribution >= 0.6 is 15.2 Å². The topological polar surface area (TPSA) is 128 Å². The van der Waals surface area contributed by atoms with E-state index in [1.165, 1.54) is 22.3 Å². The number of hydrogen-bond donors (Lipinski definition) is 4. The lowest BCUT2D eigenvalue weighted by Crippen LogP contribution is -2.41. The van der Waals surface area contributed by atoms with Gasteiger partial charge in [-0.15, -0.1) is 0 Å². The van der Waals surface area contributed by atoms with Crippen LogP contribution in [0, 0.1) is 35.5 Å². The van der Waals surface area contributed by atoms with E-state index in [1.807, 2.05) is 34.6 Å². The fourth-order valence-corrected chi connectivity index (χ4v) is 10.4. The van der Waals surface area contributed by atoms with Crippen molar-refractivity contribution >= 4 is 26.6 Å². The van der Waals surface area contributed by atoms with Gasteiger partial charge in [-0.1, -0.05) is 97.1 Å². The second-order valence-corrected chi connectivity index (χ2v) is 20.0. The van der Waals surface area contributed by atoms with E-state index in [1.54, 1.807) is 0 Å². The summed E-state index contributed by atoms with van der Waals surface area (Å²) >= 11 is 0. The van der Waals surface area contributed by atoms with Crippen LogP contribution in [0.15, 0.2) is 195 Å². The summed E-state index contributed by atoms with van der Waals surface area (Å²) in [5.74, 6) is 0.794. The van der Waals surface area contributed by atoms with Crippen molar-refractivity contribution in [3.63, 3.8) is 0 Å². The first kappa shape index (κ1) is 40.9. The SMILES string of the molecule is O=P(O)(O)CCN1C=CC(C2C=C[N+](=C3C=CC(C4(C5C=CC(=[N+]6C=CC(C7C=CN(CCP(=O)(O)O)C=C7)C=C6)C=C5)c5ccccc5-c5ccccc54)C=C3)C=C2)C=C1. The van der Waals surface area contributed by atoms with Gasteiger partial charge in [0, 0.05) is 103 Å². The minimum Gasteiger partial charge on any atom is -0.354 e. The Bertz CT molecular complexity index is 2360. The highest BCUT2D eigenvalue weighted by Crippen LogP contribution is 2.58. The zero-order valence-electron chi connectivity index (χ0n) is 33.6. The maximum atomic E-state index is 11.3. The van der Waals surface area contributed by atoms with E-state index < -0.39 is 15.2 Å². The van der Waals surface area contributed by atoms with E-state index >= 15 is 0 Å². The average molecular weight is 853 g/mol. The van der Waals surface area contributed by atoms with Crippen LogP contribution in [0.3, 0.4) is 0 Å². The molecule has 7 aliphatic rings. The van der Waals surface area contributed by atoms with Gasteiger partial charge in [0.2, 0.25) is 11.4 Å². The third kappa shape index (κ3) is 8.58. The molecule has 0 saturated carbocycles. The van der Waals surface area contributed by atoms with Crippen molar-refractivity contribution in [1.29, 1.82) is 0 Å². The molecule has 0 aromatic heterocycles. The van der Waals surface area contributed by atoms with Gasteiger partial charge in [0.1, 0.15) is 0 Å². The predicted octanol–water partition coefficient (Wildman–Crippen LogP) is 7.93. The second-order valence-electron chi connectivity index (χ2n) is 16.4. The maximum Gasteiger partial charge on any atom is 0.327 e. The minimum absolute atomic E-state index is 0.0679. The van der Waals surface area contributed by atoms with Crippen molar-refractivity contribution in [2.24, 2.45) is 35.5 Å². The van der Waals surface area contributed by atoms with Crippen molar-refractivity contribution in [3.05, 3.63) is 206 Å². The summed E-state index contributed by atoms with van der Waals surface area (Å²) in [6.07, 6.45) is 51.3. The summed E-state index contributed by atoms with van der Waals surface area (Å²) in [5, 5.41) is 0. The average Bonchev–Trinajstić information content (AvgIpc) is 3.59. The van der Waals surface area contributed by atoms with Gasteiger partial charge < -0.3 is 29.4 Å². The molecule has 0 spiro atoms. The lowest BCUT2D eigenvalue weighted by atomic mass is 9.59. The summed E-state index contributed by atoms with van der Waals surface area (Å²) < 4.78 is 26.9. The maximum absolute atomic E-state index is 11.3. The van der Waals surface area contributed by atoms with Crippen LogP contribution in [0.4, 0.5) is 0 Å². The summed E-state index contributed by atoms with van der Waals surface area (Å²) in [6.45, 7) is 0.556. The highest BCUT2D eigenvalue weighted by Gasteiger charge is 2.51. The predicted molar refractivity (Wildman–Crippen MR) is 241 cm³/mol. The quantitative estimate of drug-likeness (QED) is 0.140. The van der Waals surface area contributed by atoms with Crippen molar-refractivity contribution in [2.75, 3.05) is 25.4 Å². The Morgan fingerprint density at radius 1 is 0.475 bits per heavy atom. The molecule has 0 amide bonds. The molecule has 3 aliphatic carbocycles. The molecule has 2 aromatic rings. The van der Waals surface area contributed by atoms with Crippen molar-refractivity contribution < 1.29 is 37.9 Å². The van der Waals surface area contributed by atoms with Crippen LogP contribution in [-0.2, 0) is 14.5 Å². The van der Waals surface area contributed by atoms with Crippen molar-refractivity contribution in [3.8, 4) is 11.1 Å². The van der Waals surface area contributed by atoms with Crippen LogP contribution in [0.25, 0.3) is 11.1 Å². The van der Waals surface area contributed by atoms with Gasteiger partial charge in [0.05, 0.1) is 12.3 Å². The Kier molecular flexibility index (Phi) is 11.3. The molecule has 0 atom stereocenters. The van der Waals surface area contributed by atoms with Crippen LogP contribution in [0.2, 0.25) is 0 Å². The van der Waals surface area contributed by atoms with Crippen LogP contribution in [0.1, 0.15) is 11.1 Å². The molecule has 0 radical (unpaired) electrons. The minimum atomic E-state index is -4.04. The number of nitrogens with zero attached hydrogens (tertiary/aromatic N) is 4. The highest BCUT2D eigenvalue weighted by atomic mass is 31.2. The van der Waals surface area contributed by atoms with Gasteiger partial charge in [-0.25, -0.2) is 0 Å². The zero-order chi connectivity index (χ0) is 42.2. The molecule has 310 valence electrons. The molecule has 4 heterocycles. The Hall–Kier alpha value is -5.44. The summed E-state index contributed by atoms with van der Waals surface area (Å²) in [7, 11) is -8.08. The third-order valence-corrected chi connectivity index (χ3v) is 14.2. The fourth-order valence-electron chi connectivity index (χ4n) is 9.47. The van der Waals surface area contributed by atoms with Crippen LogP contribution in [-0.4, -0.2) is 75.4 Å². The van der Waals surface area contributed by atoms with E-state index in [4.69, 9.17) is 0 Å². The smallest absolute Gasteiger partial charge is 0.327 e. The number of benzene rings is 2. The van der Waals surface area contributed by atoms with E-state index in [0.29, 0.717) is 0 Å². The molecule has 9 rings (SSSR count). The Morgan fingerprint density at radius 2 is 0.803 bits per heavy atom. The van der Waals surface area contributed by atoms with Crippen molar-refractivity contribution in [1.82, 2.24) is 9.80 Å². The van der Waals surface area contributed by atoms with E-state index in [9.17, 15) is 28.7 Å². The first-order chi connectivity index (χ1) is 29.4. The standard InChI is InChI=1S/C49H48N4O6P2/c54-60(55,56)35-33-50-25-17-37(18-26-50)39-21-29-52(30-22-39)43-13-9-41(10-14-43)49(47-7-3-1-5-45(47)46-6-2-4-8-48(46)49)42-11-15-44(16-12-42)53-31-23-40(24-32-53)38-19-27-51(28-20-38)34-36-61(57,58)59/h1-32,37-42H,33-36H2,(H2-2,54,55,56,57,58,59)/p+2. The van der Waals surface area contributed by atoms with Crippen LogP contribution in [0.5, 0.6) is 0 Å². The number of fused-ring (bicyclic) bond motifs is 3. The first-order valence-electron chi connectivity index (χ1n) is 20.7. The number of hydrogen-bond acceptors (Lipinski definition) is 4. The van der Waals surface area contributed by atoms with Crippen molar-refractivity contribution in [2.45, 2.75) is 5.41 Å². The fraction of sp³-hybridized carbons (Fsp3) is 0.224. The lowest BCUT2D eigenvalue weighted by Gasteiger charge is -2.42. The van der Waals surface area contributed by atoms with E-state index in [2.05, 4.69) is 180 Å². The van der Waals surface area contributed by atoms with E-state index in [-0.39, 0.29) is 66.3 Å². The van der Waals surface area contributed by atoms with Crippen LogP contribution < -0.4 is 0 Å². The molecular weight excluding hydrogens is 803 g/mol. The molecule has 10 nitrogen and oxygen atoms in total. The highest BCUT2D eigenvalue weighted by molar-refractivity contribution is 7.52. The number of rotatable bonds is 10. The first-order valence-corrected chi connectivity index (χ1v) is 24.3. The zero-order valence-corrected chi connectivity index (χ0v) is 35.3. The van der Waals surface area contributed by atoms with E-state index in [0.717, 1.165) is 11.4 Å². The molecule has 2 aromatic carbocycles. The largest absolute Gasteiger partial charge is 0.354 e. The Morgan fingerprint density at radius 3 is 1.15 bits per heavy atom.